The summed E-state index contributed by atoms with van der Waals surface area (Å²) in [7, 11) is 0. The quantitative estimate of drug-likeness (QED) is 0.470. The molecule has 5 rings (SSSR count). The highest BCUT2D eigenvalue weighted by Crippen LogP contribution is 2.29. The van der Waals surface area contributed by atoms with Crippen LogP contribution in [0.3, 0.4) is 0 Å². The molecule has 0 aliphatic heterocycles. The number of benzene rings is 2. The SMILES string of the molecule is Cc1c(CCNc2ncnc3nc[nH]c23)n(-c2cccc(F)c2)c2ccccc12. The molecule has 3 heterocycles. The summed E-state index contributed by atoms with van der Waals surface area (Å²) in [6.45, 7) is 2.78. The van der Waals surface area contributed by atoms with Crippen molar-refractivity contribution in [1.29, 1.82) is 0 Å². The molecule has 2 N–H and O–H groups in total. The van der Waals surface area contributed by atoms with E-state index in [1.165, 1.54) is 23.3 Å². The average molecular weight is 386 g/mol. The smallest absolute Gasteiger partial charge is 0.182 e. The Kier molecular flexibility index (Phi) is 4.20. The molecule has 0 amide bonds. The van der Waals surface area contributed by atoms with Gasteiger partial charge in [0.15, 0.2) is 11.5 Å². The normalized spacial score (nSPS) is 11.4. The van der Waals surface area contributed by atoms with Gasteiger partial charge in [-0.3, -0.25) is 0 Å². The van der Waals surface area contributed by atoms with Gasteiger partial charge in [0, 0.05) is 29.7 Å². The van der Waals surface area contributed by atoms with Crippen LogP contribution >= 0.6 is 0 Å². The fraction of sp³-hybridized carbons (Fsp3) is 0.136. The molecule has 2 aromatic carbocycles. The van der Waals surface area contributed by atoms with E-state index < -0.39 is 0 Å². The van der Waals surface area contributed by atoms with Crippen LogP contribution in [0.1, 0.15) is 11.3 Å². The van der Waals surface area contributed by atoms with Gasteiger partial charge >= 0.3 is 0 Å². The van der Waals surface area contributed by atoms with Crippen molar-refractivity contribution in [3.8, 4) is 5.69 Å². The first kappa shape index (κ1) is 17.4. The number of hydrogen-bond acceptors (Lipinski definition) is 4. The summed E-state index contributed by atoms with van der Waals surface area (Å²) >= 11 is 0. The monoisotopic (exact) mass is 386 g/mol. The molecule has 0 atom stereocenters. The Labute approximate surface area is 166 Å². The second-order valence-corrected chi connectivity index (χ2v) is 6.90. The fourth-order valence-electron chi connectivity index (χ4n) is 3.86. The van der Waals surface area contributed by atoms with Gasteiger partial charge in [-0.05, 0) is 36.8 Å². The molecule has 0 saturated carbocycles. The van der Waals surface area contributed by atoms with Crippen LogP contribution in [0.2, 0.25) is 0 Å². The number of imidazole rings is 1. The third-order valence-corrected chi connectivity index (χ3v) is 5.20. The summed E-state index contributed by atoms with van der Waals surface area (Å²) in [5.41, 5.74) is 5.65. The largest absolute Gasteiger partial charge is 0.368 e. The third kappa shape index (κ3) is 3.00. The van der Waals surface area contributed by atoms with Crippen LogP contribution in [-0.2, 0) is 6.42 Å². The maximum Gasteiger partial charge on any atom is 0.182 e. The standard InChI is InChI=1S/C22H19FN6/c1-14-17-7-2-3-8-19(17)29(16-6-4-5-15(23)11-16)18(14)9-10-24-21-20-22(26-12-25-20)28-13-27-21/h2-8,11-13H,9-10H2,1H3,(H2,24,25,26,27,28). The van der Waals surface area contributed by atoms with E-state index in [-0.39, 0.29) is 5.82 Å². The molecule has 0 saturated heterocycles. The summed E-state index contributed by atoms with van der Waals surface area (Å²) in [4.78, 5) is 15.7. The Morgan fingerprint density at radius 2 is 1.97 bits per heavy atom. The van der Waals surface area contributed by atoms with Gasteiger partial charge in [-0.2, -0.15) is 0 Å². The molecule has 0 spiro atoms. The second kappa shape index (κ2) is 7.01. The molecule has 7 heteroatoms. The number of halogens is 1. The minimum atomic E-state index is -0.246. The summed E-state index contributed by atoms with van der Waals surface area (Å²) in [5, 5.41) is 4.55. The number of H-pyrrole nitrogens is 1. The van der Waals surface area contributed by atoms with Crippen LogP contribution < -0.4 is 5.32 Å². The number of nitrogens with zero attached hydrogens (tertiary/aromatic N) is 4. The molecular formula is C22H19FN6. The predicted molar refractivity (Wildman–Crippen MR) is 112 cm³/mol. The van der Waals surface area contributed by atoms with E-state index in [0.717, 1.165) is 34.7 Å². The Hall–Kier alpha value is -3.74. The molecule has 0 radical (unpaired) electrons. The van der Waals surface area contributed by atoms with Crippen LogP contribution in [0.4, 0.5) is 10.2 Å². The van der Waals surface area contributed by atoms with Gasteiger partial charge < -0.3 is 14.9 Å². The molecule has 0 aliphatic rings. The molecule has 0 unspecified atom stereocenters. The van der Waals surface area contributed by atoms with E-state index in [1.54, 1.807) is 18.5 Å². The second-order valence-electron chi connectivity index (χ2n) is 6.90. The Morgan fingerprint density at radius 1 is 1.07 bits per heavy atom. The van der Waals surface area contributed by atoms with E-state index >= 15 is 0 Å². The van der Waals surface area contributed by atoms with Gasteiger partial charge in [-0.25, -0.2) is 19.3 Å². The number of anilines is 1. The van der Waals surface area contributed by atoms with E-state index in [4.69, 9.17) is 0 Å². The Balaban J connectivity index is 1.52. The van der Waals surface area contributed by atoms with Gasteiger partial charge in [-0.1, -0.05) is 24.3 Å². The third-order valence-electron chi connectivity index (χ3n) is 5.20. The maximum atomic E-state index is 13.9. The Bertz CT molecular complexity index is 1320. The molecule has 3 aromatic heterocycles. The summed E-state index contributed by atoms with van der Waals surface area (Å²) < 4.78 is 16.1. The van der Waals surface area contributed by atoms with E-state index in [9.17, 15) is 4.39 Å². The van der Waals surface area contributed by atoms with Crippen molar-refractivity contribution in [1.82, 2.24) is 24.5 Å². The molecule has 0 aliphatic carbocycles. The van der Waals surface area contributed by atoms with E-state index in [0.29, 0.717) is 12.2 Å². The highest BCUT2D eigenvalue weighted by atomic mass is 19.1. The minimum Gasteiger partial charge on any atom is -0.368 e. The van der Waals surface area contributed by atoms with Crippen LogP contribution in [0.5, 0.6) is 0 Å². The number of hydrogen-bond donors (Lipinski definition) is 2. The molecule has 144 valence electrons. The van der Waals surface area contributed by atoms with Gasteiger partial charge in [0.1, 0.15) is 17.7 Å². The van der Waals surface area contributed by atoms with Crippen LogP contribution in [0.15, 0.2) is 61.2 Å². The maximum absolute atomic E-state index is 13.9. The van der Waals surface area contributed by atoms with Gasteiger partial charge in [0.2, 0.25) is 0 Å². The van der Waals surface area contributed by atoms with Crippen molar-refractivity contribution < 1.29 is 4.39 Å². The molecule has 5 aromatic rings. The van der Waals surface area contributed by atoms with Crippen molar-refractivity contribution >= 4 is 27.9 Å². The van der Waals surface area contributed by atoms with Crippen LogP contribution in [-0.4, -0.2) is 31.0 Å². The first-order valence-corrected chi connectivity index (χ1v) is 9.45. The number of nitrogens with one attached hydrogen (secondary N) is 2. The van der Waals surface area contributed by atoms with Crippen molar-refractivity contribution in [3.05, 3.63) is 78.3 Å². The number of aryl methyl sites for hydroxylation is 1. The molecular weight excluding hydrogens is 367 g/mol. The van der Waals surface area contributed by atoms with Crippen LogP contribution in [0.25, 0.3) is 27.8 Å². The van der Waals surface area contributed by atoms with Crippen molar-refractivity contribution in [3.63, 3.8) is 0 Å². The molecule has 0 fully saturated rings. The number of aromatic nitrogens is 5. The molecule has 0 bridgehead atoms. The number of aromatic amines is 1. The highest BCUT2D eigenvalue weighted by Gasteiger charge is 2.16. The molecule has 6 nitrogen and oxygen atoms in total. The first-order chi connectivity index (χ1) is 14.2. The van der Waals surface area contributed by atoms with E-state index in [1.807, 2.05) is 18.2 Å². The van der Waals surface area contributed by atoms with Crippen molar-refractivity contribution in [2.45, 2.75) is 13.3 Å². The van der Waals surface area contributed by atoms with Crippen molar-refractivity contribution in [2.75, 3.05) is 11.9 Å². The number of para-hydroxylation sites is 1. The fourth-order valence-corrected chi connectivity index (χ4v) is 3.86. The van der Waals surface area contributed by atoms with Gasteiger partial charge in [0.25, 0.3) is 0 Å². The zero-order chi connectivity index (χ0) is 19.8. The highest BCUT2D eigenvalue weighted by molar-refractivity contribution is 5.87. The number of fused-ring (bicyclic) bond motifs is 2. The lowest BCUT2D eigenvalue weighted by Gasteiger charge is -2.13. The van der Waals surface area contributed by atoms with Crippen molar-refractivity contribution in [2.24, 2.45) is 0 Å². The molecule has 29 heavy (non-hydrogen) atoms. The zero-order valence-corrected chi connectivity index (χ0v) is 15.9. The predicted octanol–water partition coefficient (Wildman–Crippen LogP) is 4.40. The topological polar surface area (TPSA) is 71.4 Å². The Morgan fingerprint density at radius 3 is 2.86 bits per heavy atom. The van der Waals surface area contributed by atoms with E-state index in [2.05, 4.69) is 48.9 Å². The number of rotatable bonds is 5. The average Bonchev–Trinajstić information content (AvgIpc) is 3.32. The lowest BCUT2D eigenvalue weighted by atomic mass is 10.1. The van der Waals surface area contributed by atoms with Crippen LogP contribution in [0, 0.1) is 12.7 Å². The lowest BCUT2D eigenvalue weighted by molar-refractivity contribution is 0.626. The first-order valence-electron chi connectivity index (χ1n) is 9.45. The zero-order valence-electron chi connectivity index (χ0n) is 15.9. The van der Waals surface area contributed by atoms with Gasteiger partial charge in [0.05, 0.1) is 11.8 Å². The lowest BCUT2D eigenvalue weighted by Crippen LogP contribution is -2.11. The summed E-state index contributed by atoms with van der Waals surface area (Å²) in [6.07, 6.45) is 3.85. The summed E-state index contributed by atoms with van der Waals surface area (Å²) in [6, 6.07) is 14.9. The minimum absolute atomic E-state index is 0.246. The van der Waals surface area contributed by atoms with Gasteiger partial charge in [-0.15, -0.1) is 0 Å². The summed E-state index contributed by atoms with van der Waals surface area (Å²) in [5.74, 6) is 0.475.